The molecule has 0 aliphatic rings. The maximum atomic E-state index is 5.25. The third-order valence-corrected chi connectivity index (χ3v) is 2.84. The second-order valence-corrected chi connectivity index (χ2v) is 4.77. The SMILES string of the molecule is CNCC(C)(COC)C(C)(C)C. The number of hydrogen-bond donors (Lipinski definition) is 1. The Kier molecular flexibility index (Phi) is 4.21. The normalized spacial score (nSPS) is 17.5. The maximum absolute atomic E-state index is 5.25. The highest BCUT2D eigenvalue weighted by atomic mass is 16.5. The molecule has 12 heavy (non-hydrogen) atoms. The molecule has 0 saturated heterocycles. The van der Waals surface area contributed by atoms with E-state index in [1.165, 1.54) is 0 Å². The maximum Gasteiger partial charge on any atom is 0.0533 e. The molecule has 0 aromatic heterocycles. The summed E-state index contributed by atoms with van der Waals surface area (Å²) in [4.78, 5) is 0. The van der Waals surface area contributed by atoms with E-state index >= 15 is 0 Å². The average Bonchev–Trinajstić information content (AvgIpc) is 1.86. The van der Waals surface area contributed by atoms with Crippen LogP contribution in [0.4, 0.5) is 0 Å². The van der Waals surface area contributed by atoms with E-state index in [4.69, 9.17) is 4.74 Å². The Bertz CT molecular complexity index is 120. The Morgan fingerprint density at radius 1 is 1.17 bits per heavy atom. The lowest BCUT2D eigenvalue weighted by Crippen LogP contribution is -2.44. The van der Waals surface area contributed by atoms with Crippen molar-refractivity contribution >= 4 is 0 Å². The average molecular weight is 173 g/mol. The molecule has 0 aliphatic heterocycles. The molecule has 0 aromatic carbocycles. The van der Waals surface area contributed by atoms with Gasteiger partial charge >= 0.3 is 0 Å². The Labute approximate surface area is 76.7 Å². The second-order valence-electron chi connectivity index (χ2n) is 4.77. The molecule has 1 unspecified atom stereocenters. The molecule has 2 nitrogen and oxygen atoms in total. The summed E-state index contributed by atoms with van der Waals surface area (Å²) < 4.78 is 5.25. The molecule has 1 atom stereocenters. The van der Waals surface area contributed by atoms with E-state index in [-0.39, 0.29) is 10.8 Å². The minimum atomic E-state index is 0.205. The number of ether oxygens (including phenoxy) is 1. The third-order valence-electron chi connectivity index (χ3n) is 2.84. The van der Waals surface area contributed by atoms with E-state index in [1.54, 1.807) is 7.11 Å². The zero-order valence-corrected chi connectivity index (χ0v) is 9.32. The van der Waals surface area contributed by atoms with Crippen molar-refractivity contribution < 1.29 is 4.74 Å². The molecular formula is C10H23NO. The van der Waals surface area contributed by atoms with Crippen molar-refractivity contribution in [3.8, 4) is 0 Å². The number of rotatable bonds is 4. The van der Waals surface area contributed by atoms with Gasteiger partial charge in [0.1, 0.15) is 0 Å². The zero-order valence-electron chi connectivity index (χ0n) is 9.32. The van der Waals surface area contributed by atoms with Crippen molar-refractivity contribution in [2.24, 2.45) is 10.8 Å². The predicted octanol–water partition coefficient (Wildman–Crippen LogP) is 1.90. The standard InChI is InChI=1S/C10H23NO/c1-9(2,3)10(4,7-11-5)8-12-6/h11H,7-8H2,1-6H3. The van der Waals surface area contributed by atoms with Crippen LogP contribution in [0.1, 0.15) is 27.7 Å². The first-order valence-electron chi connectivity index (χ1n) is 4.51. The predicted molar refractivity (Wildman–Crippen MR) is 53.4 cm³/mol. The van der Waals surface area contributed by atoms with Crippen molar-refractivity contribution in [2.75, 3.05) is 27.3 Å². The molecule has 0 aliphatic carbocycles. The number of methoxy groups -OCH3 is 1. The smallest absolute Gasteiger partial charge is 0.0533 e. The van der Waals surface area contributed by atoms with Crippen LogP contribution in [-0.4, -0.2) is 27.3 Å². The van der Waals surface area contributed by atoms with Gasteiger partial charge < -0.3 is 10.1 Å². The van der Waals surface area contributed by atoms with Gasteiger partial charge in [0.25, 0.3) is 0 Å². The third kappa shape index (κ3) is 2.76. The topological polar surface area (TPSA) is 21.3 Å². The molecular weight excluding hydrogens is 150 g/mol. The van der Waals surface area contributed by atoms with Crippen LogP contribution >= 0.6 is 0 Å². The van der Waals surface area contributed by atoms with E-state index in [9.17, 15) is 0 Å². The molecule has 0 bridgehead atoms. The van der Waals surface area contributed by atoms with Crippen LogP contribution in [0.25, 0.3) is 0 Å². The summed E-state index contributed by atoms with van der Waals surface area (Å²) in [6.07, 6.45) is 0. The lowest BCUT2D eigenvalue weighted by atomic mass is 9.68. The largest absolute Gasteiger partial charge is 0.384 e. The molecule has 0 aromatic rings. The van der Waals surface area contributed by atoms with E-state index in [0.29, 0.717) is 0 Å². The summed E-state index contributed by atoms with van der Waals surface area (Å²) in [6.45, 7) is 10.8. The fourth-order valence-corrected chi connectivity index (χ4v) is 1.24. The van der Waals surface area contributed by atoms with Gasteiger partial charge in [0, 0.05) is 19.1 Å². The van der Waals surface area contributed by atoms with Crippen molar-refractivity contribution in [1.82, 2.24) is 5.32 Å². The highest BCUT2D eigenvalue weighted by Gasteiger charge is 2.36. The van der Waals surface area contributed by atoms with Gasteiger partial charge in [-0.05, 0) is 12.5 Å². The van der Waals surface area contributed by atoms with Crippen LogP contribution in [0.2, 0.25) is 0 Å². The molecule has 1 N–H and O–H groups in total. The molecule has 0 amide bonds. The second kappa shape index (κ2) is 4.24. The van der Waals surface area contributed by atoms with Crippen LogP contribution in [0.3, 0.4) is 0 Å². The summed E-state index contributed by atoms with van der Waals surface area (Å²) in [5.74, 6) is 0. The zero-order chi connectivity index (χ0) is 9.83. The van der Waals surface area contributed by atoms with Gasteiger partial charge in [0.15, 0.2) is 0 Å². The molecule has 0 radical (unpaired) electrons. The Morgan fingerprint density at radius 3 is 1.92 bits per heavy atom. The molecule has 0 heterocycles. The van der Waals surface area contributed by atoms with Gasteiger partial charge in [-0.1, -0.05) is 27.7 Å². The fourth-order valence-electron chi connectivity index (χ4n) is 1.24. The Hall–Kier alpha value is -0.0800. The van der Waals surface area contributed by atoms with Crippen molar-refractivity contribution in [3.63, 3.8) is 0 Å². The number of nitrogens with one attached hydrogen (secondary N) is 1. The first-order valence-corrected chi connectivity index (χ1v) is 4.51. The van der Waals surface area contributed by atoms with Crippen molar-refractivity contribution in [3.05, 3.63) is 0 Å². The monoisotopic (exact) mass is 173 g/mol. The van der Waals surface area contributed by atoms with Crippen molar-refractivity contribution in [1.29, 1.82) is 0 Å². The Balaban J connectivity index is 4.38. The van der Waals surface area contributed by atoms with Crippen molar-refractivity contribution in [2.45, 2.75) is 27.7 Å². The lowest BCUT2D eigenvalue weighted by molar-refractivity contribution is 0.0102. The lowest BCUT2D eigenvalue weighted by Gasteiger charge is -2.41. The molecule has 0 fully saturated rings. The molecule has 2 heteroatoms. The van der Waals surface area contributed by atoms with Gasteiger partial charge in [-0.25, -0.2) is 0 Å². The minimum Gasteiger partial charge on any atom is -0.384 e. The highest BCUT2D eigenvalue weighted by Crippen LogP contribution is 2.37. The summed E-state index contributed by atoms with van der Waals surface area (Å²) in [7, 11) is 3.75. The van der Waals surface area contributed by atoms with Gasteiger partial charge in [0.2, 0.25) is 0 Å². The summed E-state index contributed by atoms with van der Waals surface area (Å²) >= 11 is 0. The van der Waals surface area contributed by atoms with Crippen LogP contribution < -0.4 is 5.32 Å². The van der Waals surface area contributed by atoms with E-state index < -0.39 is 0 Å². The van der Waals surface area contributed by atoms with Gasteiger partial charge in [0.05, 0.1) is 6.61 Å². The quantitative estimate of drug-likeness (QED) is 0.701. The minimum absolute atomic E-state index is 0.205. The van der Waals surface area contributed by atoms with Gasteiger partial charge in [-0.3, -0.25) is 0 Å². The molecule has 74 valence electrons. The van der Waals surface area contributed by atoms with Crippen LogP contribution in [-0.2, 0) is 4.74 Å². The molecule has 0 spiro atoms. The van der Waals surface area contributed by atoms with E-state index in [2.05, 4.69) is 33.0 Å². The summed E-state index contributed by atoms with van der Waals surface area (Å²) in [5.41, 5.74) is 0.475. The first-order chi connectivity index (χ1) is 5.37. The molecule has 0 rings (SSSR count). The summed E-state index contributed by atoms with van der Waals surface area (Å²) in [5, 5.41) is 3.22. The number of hydrogen-bond acceptors (Lipinski definition) is 2. The van der Waals surface area contributed by atoms with E-state index in [1.807, 2.05) is 7.05 Å². The van der Waals surface area contributed by atoms with Gasteiger partial charge in [-0.2, -0.15) is 0 Å². The van der Waals surface area contributed by atoms with Crippen LogP contribution in [0.15, 0.2) is 0 Å². The fraction of sp³-hybridized carbons (Fsp3) is 1.00. The Morgan fingerprint density at radius 2 is 1.67 bits per heavy atom. The van der Waals surface area contributed by atoms with Crippen LogP contribution in [0, 0.1) is 10.8 Å². The van der Waals surface area contributed by atoms with Gasteiger partial charge in [-0.15, -0.1) is 0 Å². The van der Waals surface area contributed by atoms with E-state index in [0.717, 1.165) is 13.2 Å². The highest BCUT2D eigenvalue weighted by molar-refractivity contribution is 4.87. The first kappa shape index (κ1) is 11.9. The molecule has 0 saturated carbocycles. The summed E-state index contributed by atoms with van der Waals surface area (Å²) in [6, 6.07) is 0. The van der Waals surface area contributed by atoms with Crippen LogP contribution in [0.5, 0.6) is 0 Å².